The summed E-state index contributed by atoms with van der Waals surface area (Å²) in [6.07, 6.45) is 0. The standard InChI is InChI=1S/C8H16O/c1-6-4-9-5-7(2)8(6)3/h6-8H,4-5H2,1-3H3. The summed E-state index contributed by atoms with van der Waals surface area (Å²) >= 11 is 0. The van der Waals surface area contributed by atoms with E-state index in [4.69, 9.17) is 4.74 Å². The second-order valence-corrected chi connectivity index (χ2v) is 3.35. The SMILES string of the molecule is CC1COCC(C)C1C. The normalized spacial score (nSPS) is 45.0. The van der Waals surface area contributed by atoms with Crippen molar-refractivity contribution in [1.82, 2.24) is 0 Å². The van der Waals surface area contributed by atoms with Gasteiger partial charge in [-0.2, -0.15) is 0 Å². The van der Waals surface area contributed by atoms with Crippen LogP contribution < -0.4 is 0 Å². The Hall–Kier alpha value is -0.0400. The molecule has 1 aliphatic rings. The lowest BCUT2D eigenvalue weighted by atomic mass is 9.84. The van der Waals surface area contributed by atoms with Crippen molar-refractivity contribution in [2.45, 2.75) is 20.8 Å². The van der Waals surface area contributed by atoms with E-state index >= 15 is 0 Å². The fourth-order valence-electron chi connectivity index (χ4n) is 1.30. The van der Waals surface area contributed by atoms with Gasteiger partial charge in [0.2, 0.25) is 0 Å². The first kappa shape index (κ1) is 7.07. The minimum Gasteiger partial charge on any atom is -0.381 e. The lowest BCUT2D eigenvalue weighted by Crippen LogP contribution is -2.30. The maximum atomic E-state index is 5.36. The summed E-state index contributed by atoms with van der Waals surface area (Å²) in [5.41, 5.74) is 0. The fraction of sp³-hybridized carbons (Fsp3) is 1.00. The molecule has 2 unspecified atom stereocenters. The van der Waals surface area contributed by atoms with Crippen LogP contribution in [0.2, 0.25) is 0 Å². The van der Waals surface area contributed by atoms with Crippen molar-refractivity contribution in [2.24, 2.45) is 17.8 Å². The minimum absolute atomic E-state index is 0.758. The summed E-state index contributed by atoms with van der Waals surface area (Å²) < 4.78 is 5.36. The molecule has 2 atom stereocenters. The molecule has 0 aromatic rings. The molecule has 0 N–H and O–H groups in total. The quantitative estimate of drug-likeness (QED) is 0.484. The van der Waals surface area contributed by atoms with Crippen LogP contribution in [-0.4, -0.2) is 13.2 Å². The maximum Gasteiger partial charge on any atom is 0.0494 e. The summed E-state index contributed by atoms with van der Waals surface area (Å²) in [7, 11) is 0. The molecule has 0 saturated carbocycles. The van der Waals surface area contributed by atoms with E-state index in [1.165, 1.54) is 0 Å². The van der Waals surface area contributed by atoms with Gasteiger partial charge in [-0.25, -0.2) is 0 Å². The smallest absolute Gasteiger partial charge is 0.0494 e. The van der Waals surface area contributed by atoms with Crippen LogP contribution in [0, 0.1) is 17.8 Å². The molecule has 1 rings (SSSR count). The lowest BCUT2D eigenvalue weighted by Gasteiger charge is -2.31. The molecule has 54 valence electrons. The number of ether oxygens (including phenoxy) is 1. The predicted octanol–water partition coefficient (Wildman–Crippen LogP) is 1.92. The second-order valence-electron chi connectivity index (χ2n) is 3.35. The Morgan fingerprint density at radius 3 is 1.78 bits per heavy atom. The molecular weight excluding hydrogens is 112 g/mol. The highest BCUT2D eigenvalue weighted by Crippen LogP contribution is 2.25. The van der Waals surface area contributed by atoms with Crippen molar-refractivity contribution in [1.29, 1.82) is 0 Å². The van der Waals surface area contributed by atoms with E-state index < -0.39 is 0 Å². The molecule has 1 aliphatic heterocycles. The van der Waals surface area contributed by atoms with Crippen molar-refractivity contribution in [2.75, 3.05) is 13.2 Å². The zero-order chi connectivity index (χ0) is 6.85. The summed E-state index contributed by atoms with van der Waals surface area (Å²) in [5, 5.41) is 0. The van der Waals surface area contributed by atoms with Gasteiger partial charge in [-0.3, -0.25) is 0 Å². The number of rotatable bonds is 0. The van der Waals surface area contributed by atoms with E-state index in [0.29, 0.717) is 0 Å². The van der Waals surface area contributed by atoms with E-state index in [9.17, 15) is 0 Å². The molecule has 0 amide bonds. The van der Waals surface area contributed by atoms with Crippen LogP contribution in [0.5, 0.6) is 0 Å². The predicted molar refractivity (Wildman–Crippen MR) is 38.3 cm³/mol. The van der Waals surface area contributed by atoms with Crippen molar-refractivity contribution >= 4 is 0 Å². The first-order chi connectivity index (χ1) is 4.22. The van der Waals surface area contributed by atoms with Crippen molar-refractivity contribution in [3.63, 3.8) is 0 Å². The van der Waals surface area contributed by atoms with E-state index in [1.54, 1.807) is 0 Å². The third kappa shape index (κ3) is 1.45. The highest BCUT2D eigenvalue weighted by molar-refractivity contribution is 4.71. The van der Waals surface area contributed by atoms with Gasteiger partial charge < -0.3 is 4.74 Å². The molecule has 1 heterocycles. The molecule has 0 spiro atoms. The van der Waals surface area contributed by atoms with Crippen LogP contribution in [0.15, 0.2) is 0 Å². The zero-order valence-electron chi connectivity index (χ0n) is 6.55. The summed E-state index contributed by atoms with van der Waals surface area (Å²) in [6.45, 7) is 8.77. The molecule has 1 heteroatoms. The highest BCUT2D eigenvalue weighted by Gasteiger charge is 2.23. The lowest BCUT2D eigenvalue weighted by molar-refractivity contribution is -0.00914. The van der Waals surface area contributed by atoms with Crippen molar-refractivity contribution in [3.05, 3.63) is 0 Å². The van der Waals surface area contributed by atoms with E-state index in [-0.39, 0.29) is 0 Å². The van der Waals surface area contributed by atoms with Crippen LogP contribution in [0.4, 0.5) is 0 Å². The average molecular weight is 128 g/mol. The highest BCUT2D eigenvalue weighted by atomic mass is 16.5. The monoisotopic (exact) mass is 128 g/mol. The van der Waals surface area contributed by atoms with Gasteiger partial charge in [0.15, 0.2) is 0 Å². The van der Waals surface area contributed by atoms with Gasteiger partial charge in [0.05, 0.1) is 0 Å². The Kier molecular flexibility index (Phi) is 2.12. The largest absolute Gasteiger partial charge is 0.381 e. The molecule has 0 aromatic heterocycles. The molecule has 0 radical (unpaired) electrons. The van der Waals surface area contributed by atoms with E-state index in [0.717, 1.165) is 31.0 Å². The molecule has 1 nitrogen and oxygen atoms in total. The molecule has 1 fully saturated rings. The third-order valence-corrected chi connectivity index (χ3v) is 2.56. The Morgan fingerprint density at radius 2 is 1.44 bits per heavy atom. The molecule has 0 bridgehead atoms. The number of hydrogen-bond donors (Lipinski definition) is 0. The second kappa shape index (κ2) is 2.70. The average Bonchev–Trinajstić information content (AvgIpc) is 1.83. The zero-order valence-corrected chi connectivity index (χ0v) is 6.55. The van der Waals surface area contributed by atoms with Gasteiger partial charge in [0.25, 0.3) is 0 Å². The summed E-state index contributed by atoms with van der Waals surface area (Å²) in [5.74, 6) is 2.36. The van der Waals surface area contributed by atoms with Gasteiger partial charge in [-0.15, -0.1) is 0 Å². The molecule has 0 aliphatic carbocycles. The first-order valence-electron chi connectivity index (χ1n) is 3.79. The van der Waals surface area contributed by atoms with Crippen LogP contribution in [0.1, 0.15) is 20.8 Å². The topological polar surface area (TPSA) is 9.23 Å². The van der Waals surface area contributed by atoms with Crippen LogP contribution >= 0.6 is 0 Å². The summed E-state index contributed by atoms with van der Waals surface area (Å²) in [4.78, 5) is 0. The Labute approximate surface area is 57.4 Å². The number of hydrogen-bond acceptors (Lipinski definition) is 1. The van der Waals surface area contributed by atoms with Crippen LogP contribution in [0.3, 0.4) is 0 Å². The molecule has 9 heavy (non-hydrogen) atoms. The Bertz CT molecular complexity index is 80.6. The fourth-order valence-corrected chi connectivity index (χ4v) is 1.30. The van der Waals surface area contributed by atoms with Crippen LogP contribution in [0.25, 0.3) is 0 Å². The van der Waals surface area contributed by atoms with Gasteiger partial charge in [-0.1, -0.05) is 20.8 Å². The van der Waals surface area contributed by atoms with Gasteiger partial charge in [0.1, 0.15) is 0 Å². The third-order valence-electron chi connectivity index (χ3n) is 2.56. The Balaban J connectivity index is 2.41. The maximum absolute atomic E-state index is 5.36. The van der Waals surface area contributed by atoms with Crippen LogP contribution in [-0.2, 0) is 4.74 Å². The Morgan fingerprint density at radius 1 is 1.00 bits per heavy atom. The molecule has 1 saturated heterocycles. The van der Waals surface area contributed by atoms with Gasteiger partial charge in [0, 0.05) is 13.2 Å². The van der Waals surface area contributed by atoms with Gasteiger partial charge >= 0.3 is 0 Å². The van der Waals surface area contributed by atoms with Crippen molar-refractivity contribution in [3.8, 4) is 0 Å². The first-order valence-corrected chi connectivity index (χ1v) is 3.79. The van der Waals surface area contributed by atoms with E-state index in [2.05, 4.69) is 20.8 Å². The molecule has 0 aromatic carbocycles. The molecular formula is C8H16O. The van der Waals surface area contributed by atoms with Crippen molar-refractivity contribution < 1.29 is 4.74 Å². The minimum atomic E-state index is 0.758. The summed E-state index contributed by atoms with van der Waals surface area (Å²) in [6, 6.07) is 0. The van der Waals surface area contributed by atoms with Gasteiger partial charge in [-0.05, 0) is 17.8 Å². The van der Waals surface area contributed by atoms with E-state index in [1.807, 2.05) is 0 Å².